The Morgan fingerprint density at radius 2 is 1.79 bits per heavy atom. The fourth-order valence-electron chi connectivity index (χ4n) is 2.77. The minimum atomic E-state index is -3.50. The minimum absolute atomic E-state index is 0.154. The number of sulfonamides is 1. The fourth-order valence-corrected chi connectivity index (χ4v) is 3.50. The summed E-state index contributed by atoms with van der Waals surface area (Å²) in [5.74, 6) is 0. The highest BCUT2D eigenvalue weighted by Gasteiger charge is 2.14. The van der Waals surface area contributed by atoms with Gasteiger partial charge in [0.15, 0.2) is 0 Å². The third kappa shape index (κ3) is 4.21. The van der Waals surface area contributed by atoms with Crippen molar-refractivity contribution in [2.75, 3.05) is 12.4 Å². The van der Waals surface area contributed by atoms with Gasteiger partial charge in [0.2, 0.25) is 10.0 Å². The molecule has 0 radical (unpaired) electrons. The summed E-state index contributed by atoms with van der Waals surface area (Å²) in [6.07, 6.45) is 1.55. The average molecular weight is 400 g/mol. The normalized spacial score (nSPS) is 12.5. The third-order valence-electron chi connectivity index (χ3n) is 4.34. The molecule has 0 spiro atoms. The number of hydrogen-bond donors (Lipinski definition) is 4. The molecule has 146 valence electrons. The topological polar surface area (TPSA) is 120 Å². The van der Waals surface area contributed by atoms with Crippen LogP contribution >= 0.6 is 0 Å². The van der Waals surface area contributed by atoms with Crippen LogP contribution in [-0.2, 0) is 10.0 Å². The lowest BCUT2D eigenvalue weighted by molar-refractivity contribution is 0.249. The molecule has 3 rings (SSSR count). The van der Waals surface area contributed by atoms with Gasteiger partial charge in [-0.3, -0.25) is 4.79 Å². The molecular formula is C19H20N4O4S. The first-order valence-corrected chi connectivity index (χ1v) is 10.0. The summed E-state index contributed by atoms with van der Waals surface area (Å²) in [5, 5.41) is 6.78. The molecule has 3 aromatic rings. The zero-order valence-electron chi connectivity index (χ0n) is 15.3. The van der Waals surface area contributed by atoms with E-state index in [1.807, 2.05) is 0 Å². The number of fused-ring (bicyclic) bond motifs is 1. The van der Waals surface area contributed by atoms with E-state index in [1.165, 1.54) is 19.2 Å². The molecule has 0 saturated heterocycles. The highest BCUT2D eigenvalue weighted by molar-refractivity contribution is 7.89. The molecule has 1 heterocycles. The van der Waals surface area contributed by atoms with Crippen molar-refractivity contribution in [3.05, 3.63) is 70.6 Å². The van der Waals surface area contributed by atoms with Gasteiger partial charge >= 0.3 is 6.03 Å². The Morgan fingerprint density at radius 1 is 1.07 bits per heavy atom. The van der Waals surface area contributed by atoms with Crippen LogP contribution in [0.25, 0.3) is 10.8 Å². The second kappa shape index (κ2) is 7.83. The average Bonchev–Trinajstić information content (AvgIpc) is 2.68. The van der Waals surface area contributed by atoms with Crippen molar-refractivity contribution in [3.63, 3.8) is 0 Å². The number of carbonyl (C=O) groups is 1. The number of benzene rings is 2. The quantitative estimate of drug-likeness (QED) is 0.525. The summed E-state index contributed by atoms with van der Waals surface area (Å²) >= 11 is 0. The zero-order chi connectivity index (χ0) is 20.3. The van der Waals surface area contributed by atoms with Gasteiger partial charge < -0.3 is 15.6 Å². The molecule has 0 bridgehead atoms. The van der Waals surface area contributed by atoms with Crippen molar-refractivity contribution in [3.8, 4) is 0 Å². The number of urea groups is 1. The lowest BCUT2D eigenvalue weighted by Crippen LogP contribution is -2.31. The first-order valence-electron chi connectivity index (χ1n) is 8.52. The number of pyridine rings is 1. The SMILES string of the molecule is CNS(=O)(=O)c1ccc(C(C)NC(=O)Nc2ccc3c(=O)[nH]ccc3c2)cc1. The molecule has 0 saturated carbocycles. The van der Waals surface area contributed by atoms with Gasteiger partial charge in [-0.2, -0.15) is 0 Å². The Balaban J connectivity index is 1.68. The van der Waals surface area contributed by atoms with Crippen LogP contribution in [0.5, 0.6) is 0 Å². The number of amides is 2. The van der Waals surface area contributed by atoms with Crippen molar-refractivity contribution >= 4 is 32.5 Å². The van der Waals surface area contributed by atoms with E-state index < -0.39 is 16.1 Å². The molecule has 2 amide bonds. The summed E-state index contributed by atoms with van der Waals surface area (Å²) in [6.45, 7) is 1.79. The van der Waals surface area contributed by atoms with Crippen LogP contribution < -0.4 is 20.9 Å². The van der Waals surface area contributed by atoms with Crippen LogP contribution in [0.3, 0.4) is 0 Å². The van der Waals surface area contributed by atoms with Crippen LogP contribution in [0.1, 0.15) is 18.5 Å². The molecule has 8 nitrogen and oxygen atoms in total. The Hall–Kier alpha value is -3.17. The Bertz CT molecular complexity index is 1170. The summed E-state index contributed by atoms with van der Waals surface area (Å²) < 4.78 is 25.8. The van der Waals surface area contributed by atoms with E-state index >= 15 is 0 Å². The van der Waals surface area contributed by atoms with E-state index in [0.717, 1.165) is 10.9 Å². The Morgan fingerprint density at radius 3 is 2.46 bits per heavy atom. The van der Waals surface area contributed by atoms with Gasteiger partial charge in [0, 0.05) is 17.3 Å². The van der Waals surface area contributed by atoms with Gasteiger partial charge in [-0.15, -0.1) is 0 Å². The molecule has 0 aliphatic rings. The fraction of sp³-hybridized carbons (Fsp3) is 0.158. The molecule has 2 aromatic carbocycles. The van der Waals surface area contributed by atoms with Gasteiger partial charge in [-0.1, -0.05) is 12.1 Å². The van der Waals surface area contributed by atoms with E-state index in [-0.39, 0.29) is 16.5 Å². The van der Waals surface area contributed by atoms with Gasteiger partial charge in [-0.25, -0.2) is 17.9 Å². The van der Waals surface area contributed by atoms with Crippen molar-refractivity contribution in [1.82, 2.24) is 15.0 Å². The van der Waals surface area contributed by atoms with Gasteiger partial charge in [-0.05, 0) is 61.3 Å². The highest BCUT2D eigenvalue weighted by atomic mass is 32.2. The second-order valence-electron chi connectivity index (χ2n) is 6.21. The van der Waals surface area contributed by atoms with Crippen molar-refractivity contribution in [1.29, 1.82) is 0 Å². The number of carbonyl (C=O) groups excluding carboxylic acids is 1. The van der Waals surface area contributed by atoms with E-state index in [1.54, 1.807) is 49.5 Å². The predicted octanol–water partition coefficient (Wildman–Crippen LogP) is 2.32. The molecule has 9 heteroatoms. The van der Waals surface area contributed by atoms with Gasteiger partial charge in [0.05, 0.1) is 10.9 Å². The molecule has 0 fully saturated rings. The van der Waals surface area contributed by atoms with Gasteiger partial charge in [0.25, 0.3) is 5.56 Å². The predicted molar refractivity (Wildman–Crippen MR) is 108 cm³/mol. The van der Waals surface area contributed by atoms with Crippen LogP contribution in [0.15, 0.2) is 64.4 Å². The lowest BCUT2D eigenvalue weighted by Gasteiger charge is -2.16. The first-order chi connectivity index (χ1) is 13.3. The first kappa shape index (κ1) is 19.6. The van der Waals surface area contributed by atoms with E-state index in [9.17, 15) is 18.0 Å². The summed E-state index contributed by atoms with van der Waals surface area (Å²) in [7, 11) is -2.15. The van der Waals surface area contributed by atoms with Crippen LogP contribution in [0.2, 0.25) is 0 Å². The van der Waals surface area contributed by atoms with E-state index in [4.69, 9.17) is 0 Å². The van der Waals surface area contributed by atoms with Crippen molar-refractivity contribution < 1.29 is 13.2 Å². The third-order valence-corrected chi connectivity index (χ3v) is 5.77. The highest BCUT2D eigenvalue weighted by Crippen LogP contribution is 2.18. The molecule has 4 N–H and O–H groups in total. The number of rotatable bonds is 5. The number of nitrogens with one attached hydrogen (secondary N) is 4. The molecule has 1 unspecified atom stereocenters. The lowest BCUT2D eigenvalue weighted by atomic mass is 10.1. The second-order valence-corrected chi connectivity index (χ2v) is 8.09. The van der Waals surface area contributed by atoms with Crippen molar-refractivity contribution in [2.45, 2.75) is 17.9 Å². The largest absolute Gasteiger partial charge is 0.331 e. The molecule has 0 aliphatic heterocycles. The maximum absolute atomic E-state index is 12.3. The summed E-state index contributed by atoms with van der Waals surface area (Å²) in [4.78, 5) is 26.8. The van der Waals surface area contributed by atoms with Crippen LogP contribution in [-0.4, -0.2) is 26.5 Å². The number of aromatic amines is 1. The smallest absolute Gasteiger partial charge is 0.319 e. The molecule has 1 aromatic heterocycles. The standard InChI is InChI=1S/C19H20N4O4S/c1-12(13-3-6-16(7-4-13)28(26,27)20-2)22-19(25)23-15-5-8-17-14(11-15)9-10-21-18(17)24/h3-12,20H,1-2H3,(H,21,24)(H2,22,23,25). The molecule has 28 heavy (non-hydrogen) atoms. The maximum Gasteiger partial charge on any atom is 0.319 e. The zero-order valence-corrected chi connectivity index (χ0v) is 16.1. The Labute approximate surface area is 162 Å². The Kier molecular flexibility index (Phi) is 5.48. The number of hydrogen-bond acceptors (Lipinski definition) is 4. The number of aromatic nitrogens is 1. The minimum Gasteiger partial charge on any atom is -0.331 e. The monoisotopic (exact) mass is 400 g/mol. The van der Waals surface area contributed by atoms with Crippen LogP contribution in [0.4, 0.5) is 10.5 Å². The van der Waals surface area contributed by atoms with Crippen molar-refractivity contribution in [2.24, 2.45) is 0 Å². The number of anilines is 1. The summed E-state index contributed by atoms with van der Waals surface area (Å²) in [6, 6.07) is 12.3. The summed E-state index contributed by atoms with van der Waals surface area (Å²) in [5.41, 5.74) is 1.12. The van der Waals surface area contributed by atoms with E-state index in [0.29, 0.717) is 11.1 Å². The van der Waals surface area contributed by atoms with Crippen LogP contribution in [0, 0.1) is 0 Å². The van der Waals surface area contributed by atoms with Gasteiger partial charge in [0.1, 0.15) is 0 Å². The number of H-pyrrole nitrogens is 1. The van der Waals surface area contributed by atoms with E-state index in [2.05, 4.69) is 20.3 Å². The molecule has 1 atom stereocenters. The maximum atomic E-state index is 12.3. The molecular weight excluding hydrogens is 380 g/mol. The molecule has 0 aliphatic carbocycles.